The summed E-state index contributed by atoms with van der Waals surface area (Å²) in [5, 5.41) is 3.38. The number of carbonyl (C=O) groups is 1. The quantitative estimate of drug-likeness (QED) is 0.847. The number of rotatable bonds is 6. The number of halogens is 1. The fourth-order valence-corrected chi connectivity index (χ4v) is 2.76. The normalized spacial score (nSPS) is 16.4. The number of hydrogen-bond donors (Lipinski definition) is 2. The summed E-state index contributed by atoms with van der Waals surface area (Å²) in [7, 11) is 0. The van der Waals surface area contributed by atoms with Crippen LogP contribution in [-0.4, -0.2) is 19.1 Å². The topological polar surface area (TPSA) is 64.3 Å². The van der Waals surface area contributed by atoms with Gasteiger partial charge in [0.1, 0.15) is 5.75 Å². The lowest BCUT2D eigenvalue weighted by molar-refractivity contribution is -0.119. The molecule has 20 heavy (non-hydrogen) atoms. The van der Waals surface area contributed by atoms with Crippen molar-refractivity contribution in [1.29, 1.82) is 0 Å². The molecule has 1 aromatic rings. The molecule has 110 valence electrons. The number of ether oxygens (including phenoxy) is 1. The number of nitrogens with one attached hydrogen (secondary N) is 1. The van der Waals surface area contributed by atoms with E-state index in [-0.39, 0.29) is 11.3 Å². The lowest BCUT2D eigenvalue weighted by Crippen LogP contribution is -2.40. The van der Waals surface area contributed by atoms with E-state index in [1.165, 1.54) is 6.42 Å². The van der Waals surface area contributed by atoms with Gasteiger partial charge < -0.3 is 15.8 Å². The van der Waals surface area contributed by atoms with Gasteiger partial charge in [-0.1, -0.05) is 18.0 Å². The van der Waals surface area contributed by atoms with Crippen molar-refractivity contribution in [3.8, 4) is 5.75 Å². The lowest BCUT2D eigenvalue weighted by atomic mass is 9.66. The molecule has 0 heterocycles. The summed E-state index contributed by atoms with van der Waals surface area (Å²) < 4.78 is 5.36. The van der Waals surface area contributed by atoms with Crippen molar-refractivity contribution in [2.45, 2.75) is 32.6 Å². The molecule has 1 aliphatic carbocycles. The highest BCUT2D eigenvalue weighted by atomic mass is 35.5. The van der Waals surface area contributed by atoms with Crippen LogP contribution in [0.1, 0.15) is 32.6 Å². The number of carbonyl (C=O) groups excluding carboxylic acids is 1. The van der Waals surface area contributed by atoms with E-state index in [0.29, 0.717) is 36.0 Å². The Bertz CT molecular complexity index is 481. The third-order valence-corrected chi connectivity index (χ3v) is 4.19. The van der Waals surface area contributed by atoms with Crippen molar-refractivity contribution < 1.29 is 9.53 Å². The van der Waals surface area contributed by atoms with Crippen molar-refractivity contribution >= 4 is 23.2 Å². The number of benzene rings is 1. The third kappa shape index (κ3) is 3.44. The Morgan fingerprint density at radius 2 is 2.25 bits per heavy atom. The second-order valence-corrected chi connectivity index (χ2v) is 5.77. The molecule has 0 aromatic heterocycles. The molecule has 1 aliphatic rings. The van der Waals surface area contributed by atoms with Crippen molar-refractivity contribution in [2.24, 2.45) is 11.1 Å². The first-order valence-corrected chi connectivity index (χ1v) is 7.39. The Morgan fingerprint density at radius 3 is 2.75 bits per heavy atom. The van der Waals surface area contributed by atoms with Gasteiger partial charge in [-0.25, -0.2) is 0 Å². The van der Waals surface area contributed by atoms with Gasteiger partial charge in [0.25, 0.3) is 0 Å². The van der Waals surface area contributed by atoms with Crippen molar-refractivity contribution in [2.75, 3.05) is 18.5 Å². The van der Waals surface area contributed by atoms with E-state index in [0.717, 1.165) is 12.8 Å². The van der Waals surface area contributed by atoms with E-state index in [2.05, 4.69) is 5.32 Å². The predicted octanol–water partition coefficient (Wildman–Crippen LogP) is 3.20. The summed E-state index contributed by atoms with van der Waals surface area (Å²) in [6.07, 6.45) is 3.73. The average molecular weight is 297 g/mol. The molecule has 0 spiro atoms. The van der Waals surface area contributed by atoms with Crippen LogP contribution in [0.25, 0.3) is 0 Å². The highest BCUT2D eigenvalue weighted by molar-refractivity contribution is 6.32. The molecular formula is C15H21ClN2O2. The summed E-state index contributed by atoms with van der Waals surface area (Å²) in [5.74, 6) is 0.625. The van der Waals surface area contributed by atoms with E-state index in [9.17, 15) is 4.79 Å². The van der Waals surface area contributed by atoms with Crippen molar-refractivity contribution in [1.82, 2.24) is 0 Å². The zero-order valence-corrected chi connectivity index (χ0v) is 12.5. The molecule has 1 amide bonds. The summed E-state index contributed by atoms with van der Waals surface area (Å²) >= 11 is 6.09. The molecule has 4 nitrogen and oxygen atoms in total. The van der Waals surface area contributed by atoms with Crippen LogP contribution in [0.5, 0.6) is 5.75 Å². The molecule has 0 radical (unpaired) electrons. The Balaban J connectivity index is 1.96. The van der Waals surface area contributed by atoms with Gasteiger partial charge in [-0.05, 0) is 49.9 Å². The minimum Gasteiger partial charge on any atom is -0.492 e. The first kappa shape index (κ1) is 15.1. The largest absolute Gasteiger partial charge is 0.492 e. The standard InChI is InChI=1S/C15H21ClN2O2/c1-2-20-13-5-4-11(8-12(13)16)18-14(19)9-15(10-17)6-3-7-15/h4-5,8H,2-3,6-7,9-10,17H2,1H3,(H,18,19). The fourth-order valence-electron chi connectivity index (χ4n) is 2.53. The van der Waals surface area contributed by atoms with Gasteiger partial charge in [0, 0.05) is 12.1 Å². The van der Waals surface area contributed by atoms with Crippen LogP contribution in [-0.2, 0) is 4.79 Å². The SMILES string of the molecule is CCOc1ccc(NC(=O)CC2(CN)CCC2)cc1Cl. The van der Waals surface area contributed by atoms with Gasteiger partial charge in [0.15, 0.2) is 0 Å². The predicted molar refractivity (Wildman–Crippen MR) is 81.2 cm³/mol. The minimum absolute atomic E-state index is 0.00428. The van der Waals surface area contributed by atoms with Crippen molar-refractivity contribution in [3.63, 3.8) is 0 Å². The average Bonchev–Trinajstić information content (AvgIpc) is 2.37. The van der Waals surface area contributed by atoms with Crippen LogP contribution in [0.15, 0.2) is 18.2 Å². The third-order valence-electron chi connectivity index (χ3n) is 3.90. The highest BCUT2D eigenvalue weighted by Crippen LogP contribution is 2.43. The Kier molecular flexibility index (Phi) is 4.89. The number of hydrogen-bond acceptors (Lipinski definition) is 3. The summed E-state index contributed by atoms with van der Waals surface area (Å²) in [5.41, 5.74) is 6.47. The van der Waals surface area contributed by atoms with Crippen LogP contribution >= 0.6 is 11.6 Å². The molecular weight excluding hydrogens is 276 g/mol. The number of amides is 1. The molecule has 5 heteroatoms. The second kappa shape index (κ2) is 6.46. The van der Waals surface area contributed by atoms with Gasteiger partial charge in [0.2, 0.25) is 5.91 Å². The monoisotopic (exact) mass is 296 g/mol. The maximum atomic E-state index is 12.1. The molecule has 1 saturated carbocycles. The zero-order chi connectivity index (χ0) is 14.6. The van der Waals surface area contributed by atoms with Gasteiger partial charge in [-0.15, -0.1) is 0 Å². The van der Waals surface area contributed by atoms with Crippen LogP contribution in [0.4, 0.5) is 5.69 Å². The van der Waals surface area contributed by atoms with Crippen LogP contribution in [0.2, 0.25) is 5.02 Å². The molecule has 0 bridgehead atoms. The van der Waals surface area contributed by atoms with Crippen LogP contribution in [0.3, 0.4) is 0 Å². The van der Waals surface area contributed by atoms with E-state index < -0.39 is 0 Å². The maximum absolute atomic E-state index is 12.1. The molecule has 0 aliphatic heterocycles. The summed E-state index contributed by atoms with van der Waals surface area (Å²) in [6, 6.07) is 5.27. The van der Waals surface area contributed by atoms with E-state index in [4.69, 9.17) is 22.1 Å². The first-order chi connectivity index (χ1) is 9.58. The molecule has 0 atom stereocenters. The molecule has 1 aromatic carbocycles. The van der Waals surface area contributed by atoms with Crippen LogP contribution < -0.4 is 15.8 Å². The van der Waals surface area contributed by atoms with Gasteiger partial charge >= 0.3 is 0 Å². The smallest absolute Gasteiger partial charge is 0.224 e. The molecule has 0 saturated heterocycles. The summed E-state index contributed by atoms with van der Waals surface area (Å²) in [6.45, 7) is 3.03. The van der Waals surface area contributed by atoms with Gasteiger partial charge in [0.05, 0.1) is 11.6 Å². The second-order valence-electron chi connectivity index (χ2n) is 5.36. The zero-order valence-electron chi connectivity index (χ0n) is 11.7. The van der Waals surface area contributed by atoms with E-state index in [1.807, 2.05) is 6.92 Å². The lowest BCUT2D eigenvalue weighted by Gasteiger charge is -2.40. The Hall–Kier alpha value is -1.26. The van der Waals surface area contributed by atoms with Gasteiger partial charge in [-0.3, -0.25) is 4.79 Å². The minimum atomic E-state index is -0.00428. The van der Waals surface area contributed by atoms with E-state index in [1.54, 1.807) is 18.2 Å². The fraction of sp³-hybridized carbons (Fsp3) is 0.533. The van der Waals surface area contributed by atoms with Crippen molar-refractivity contribution in [3.05, 3.63) is 23.2 Å². The van der Waals surface area contributed by atoms with E-state index >= 15 is 0 Å². The Labute approximate surface area is 124 Å². The Morgan fingerprint density at radius 1 is 1.50 bits per heavy atom. The molecule has 1 fully saturated rings. The maximum Gasteiger partial charge on any atom is 0.224 e. The van der Waals surface area contributed by atoms with Gasteiger partial charge in [-0.2, -0.15) is 0 Å². The molecule has 3 N–H and O–H groups in total. The molecule has 2 rings (SSSR count). The molecule has 0 unspecified atom stereocenters. The highest BCUT2D eigenvalue weighted by Gasteiger charge is 2.37. The summed E-state index contributed by atoms with van der Waals surface area (Å²) in [4.78, 5) is 12.1. The van der Waals surface area contributed by atoms with Crippen LogP contribution in [0, 0.1) is 5.41 Å². The number of anilines is 1. The number of nitrogens with two attached hydrogens (primary N) is 1. The first-order valence-electron chi connectivity index (χ1n) is 7.01.